The predicted molar refractivity (Wildman–Crippen MR) is 124 cm³/mol. The van der Waals surface area contributed by atoms with Gasteiger partial charge in [-0.25, -0.2) is 8.42 Å². The van der Waals surface area contributed by atoms with E-state index in [1.54, 1.807) is 79.9 Å². The first-order chi connectivity index (χ1) is 14.3. The molecule has 0 heterocycles. The zero-order valence-corrected chi connectivity index (χ0v) is 19.2. The SMILES string of the molecule is COc1ccc(/C=C(\C(=O)c2ccc(Br)cc2)S(=O)(=O)Cc2ccc(Cl)cc2)cc1. The van der Waals surface area contributed by atoms with Crippen LogP contribution < -0.4 is 4.74 Å². The fourth-order valence-electron chi connectivity index (χ4n) is 2.77. The number of carbonyl (C=O) groups is 1. The van der Waals surface area contributed by atoms with E-state index in [1.807, 2.05) is 0 Å². The standard InChI is InChI=1S/C23H18BrClO4S/c1-29-21-12-4-16(5-13-21)14-22(23(26)18-6-8-19(24)9-7-18)30(27,28)15-17-2-10-20(25)11-3-17/h2-14H,15H2,1H3/b22-14+. The van der Waals surface area contributed by atoms with Crippen molar-refractivity contribution < 1.29 is 17.9 Å². The summed E-state index contributed by atoms with van der Waals surface area (Å²) in [6, 6.07) is 19.9. The monoisotopic (exact) mass is 504 g/mol. The van der Waals surface area contributed by atoms with Gasteiger partial charge in [0.05, 0.1) is 12.9 Å². The molecule has 0 radical (unpaired) electrons. The fourth-order valence-corrected chi connectivity index (χ4v) is 4.66. The molecule has 0 unspecified atom stereocenters. The van der Waals surface area contributed by atoms with Gasteiger partial charge in [0.1, 0.15) is 10.7 Å². The average molecular weight is 506 g/mol. The molecule has 0 spiro atoms. The van der Waals surface area contributed by atoms with E-state index in [0.29, 0.717) is 21.9 Å². The first kappa shape index (κ1) is 22.3. The minimum Gasteiger partial charge on any atom is -0.497 e. The number of hydrogen-bond acceptors (Lipinski definition) is 4. The lowest BCUT2D eigenvalue weighted by molar-refractivity contribution is 0.104. The Morgan fingerprint density at radius 3 is 2.13 bits per heavy atom. The van der Waals surface area contributed by atoms with Crippen molar-refractivity contribution in [1.82, 2.24) is 0 Å². The van der Waals surface area contributed by atoms with Crippen LogP contribution in [0.15, 0.2) is 82.2 Å². The van der Waals surface area contributed by atoms with E-state index >= 15 is 0 Å². The lowest BCUT2D eigenvalue weighted by atomic mass is 10.1. The Morgan fingerprint density at radius 2 is 1.57 bits per heavy atom. The third kappa shape index (κ3) is 5.59. The van der Waals surface area contributed by atoms with Crippen LogP contribution in [0.2, 0.25) is 5.02 Å². The van der Waals surface area contributed by atoms with E-state index in [4.69, 9.17) is 16.3 Å². The highest BCUT2D eigenvalue weighted by Gasteiger charge is 2.26. The van der Waals surface area contributed by atoms with E-state index in [-0.39, 0.29) is 16.2 Å². The van der Waals surface area contributed by atoms with E-state index < -0.39 is 15.6 Å². The van der Waals surface area contributed by atoms with Gasteiger partial charge < -0.3 is 4.74 Å². The number of methoxy groups -OCH3 is 1. The van der Waals surface area contributed by atoms with Crippen LogP contribution in [-0.4, -0.2) is 21.3 Å². The van der Waals surface area contributed by atoms with Gasteiger partial charge in [0.2, 0.25) is 5.78 Å². The topological polar surface area (TPSA) is 60.4 Å². The molecule has 0 aliphatic carbocycles. The van der Waals surface area contributed by atoms with Gasteiger partial charge in [-0.2, -0.15) is 0 Å². The third-order valence-electron chi connectivity index (χ3n) is 4.35. The molecule has 0 aromatic heterocycles. The van der Waals surface area contributed by atoms with E-state index in [1.165, 1.54) is 6.08 Å². The number of hydrogen-bond donors (Lipinski definition) is 0. The van der Waals surface area contributed by atoms with Crippen LogP contribution in [0.1, 0.15) is 21.5 Å². The molecular weight excluding hydrogens is 488 g/mol. The fraction of sp³-hybridized carbons (Fsp3) is 0.0870. The predicted octanol–water partition coefficient (Wildman–Crippen LogP) is 5.95. The number of ether oxygens (including phenoxy) is 1. The molecule has 4 nitrogen and oxygen atoms in total. The van der Waals surface area contributed by atoms with Gasteiger partial charge in [-0.3, -0.25) is 4.79 Å². The number of halogens is 2. The summed E-state index contributed by atoms with van der Waals surface area (Å²) >= 11 is 9.21. The minimum atomic E-state index is -3.93. The normalized spacial score (nSPS) is 11.9. The Balaban J connectivity index is 2.05. The van der Waals surface area contributed by atoms with Crippen molar-refractivity contribution in [2.45, 2.75) is 5.75 Å². The molecule has 0 saturated heterocycles. The van der Waals surface area contributed by atoms with Gasteiger partial charge in [0.15, 0.2) is 9.84 Å². The molecular formula is C23H18BrClO4S. The van der Waals surface area contributed by atoms with Gasteiger partial charge in [-0.05, 0) is 65.7 Å². The Hall–Kier alpha value is -2.41. The molecule has 0 saturated carbocycles. The molecule has 3 aromatic carbocycles. The maximum absolute atomic E-state index is 13.2. The Labute approximate surface area is 189 Å². The molecule has 0 N–H and O–H groups in total. The van der Waals surface area contributed by atoms with Crippen molar-refractivity contribution in [2.24, 2.45) is 0 Å². The summed E-state index contributed by atoms with van der Waals surface area (Å²) in [6.45, 7) is 0. The highest BCUT2D eigenvalue weighted by molar-refractivity contribution is 9.10. The Bertz CT molecular complexity index is 1170. The van der Waals surface area contributed by atoms with Gasteiger partial charge in [-0.15, -0.1) is 0 Å². The first-order valence-electron chi connectivity index (χ1n) is 8.92. The van der Waals surface area contributed by atoms with Gasteiger partial charge in [-0.1, -0.05) is 51.8 Å². The molecule has 154 valence electrons. The molecule has 3 rings (SSSR count). The maximum Gasteiger partial charge on any atom is 0.204 e. The number of rotatable bonds is 7. The quantitative estimate of drug-likeness (QED) is 0.294. The van der Waals surface area contributed by atoms with Gasteiger partial charge in [0, 0.05) is 15.1 Å². The lowest BCUT2D eigenvalue weighted by Gasteiger charge is -2.10. The van der Waals surface area contributed by atoms with E-state index in [9.17, 15) is 13.2 Å². The highest BCUT2D eigenvalue weighted by Crippen LogP contribution is 2.24. The van der Waals surface area contributed by atoms with Crippen molar-refractivity contribution >= 4 is 49.2 Å². The summed E-state index contributed by atoms with van der Waals surface area (Å²) in [5.41, 5.74) is 1.41. The van der Waals surface area contributed by atoms with Crippen LogP contribution in [0.5, 0.6) is 5.75 Å². The number of allylic oxidation sites excluding steroid dienone is 1. The summed E-state index contributed by atoms with van der Waals surface area (Å²) in [6.07, 6.45) is 1.40. The van der Waals surface area contributed by atoms with Crippen LogP contribution in [0.4, 0.5) is 0 Å². The second kappa shape index (κ2) is 9.60. The lowest BCUT2D eigenvalue weighted by Crippen LogP contribution is -2.16. The summed E-state index contributed by atoms with van der Waals surface area (Å²) in [7, 11) is -2.39. The van der Waals surface area contributed by atoms with Gasteiger partial charge >= 0.3 is 0 Å². The van der Waals surface area contributed by atoms with Crippen LogP contribution in [-0.2, 0) is 15.6 Å². The molecule has 3 aromatic rings. The van der Waals surface area contributed by atoms with Crippen molar-refractivity contribution in [3.8, 4) is 5.75 Å². The average Bonchev–Trinajstić information content (AvgIpc) is 2.74. The maximum atomic E-state index is 13.2. The van der Waals surface area contributed by atoms with Crippen LogP contribution in [0.25, 0.3) is 6.08 Å². The van der Waals surface area contributed by atoms with E-state index in [2.05, 4.69) is 15.9 Å². The number of sulfone groups is 1. The highest BCUT2D eigenvalue weighted by atomic mass is 79.9. The number of Topliss-reactive ketones (excluding diaryl/α,β-unsaturated/α-hetero) is 1. The molecule has 0 fully saturated rings. The van der Waals surface area contributed by atoms with Crippen LogP contribution >= 0.6 is 27.5 Å². The summed E-state index contributed by atoms with van der Waals surface area (Å²) < 4.78 is 32.4. The second-order valence-electron chi connectivity index (χ2n) is 6.50. The molecule has 0 aliphatic rings. The van der Waals surface area contributed by atoms with Crippen LogP contribution in [0.3, 0.4) is 0 Å². The van der Waals surface area contributed by atoms with Crippen molar-refractivity contribution in [3.63, 3.8) is 0 Å². The summed E-state index contributed by atoms with van der Waals surface area (Å²) in [5.74, 6) is -0.238. The zero-order chi connectivity index (χ0) is 21.7. The smallest absolute Gasteiger partial charge is 0.204 e. The second-order valence-corrected chi connectivity index (χ2v) is 9.81. The molecule has 7 heteroatoms. The molecule has 0 amide bonds. The molecule has 0 aliphatic heterocycles. The zero-order valence-electron chi connectivity index (χ0n) is 16.0. The third-order valence-corrected chi connectivity index (χ3v) is 6.82. The van der Waals surface area contributed by atoms with Crippen molar-refractivity contribution in [3.05, 3.63) is 104 Å². The molecule has 0 atom stereocenters. The number of carbonyl (C=O) groups excluding carboxylic acids is 1. The van der Waals surface area contributed by atoms with Crippen molar-refractivity contribution in [1.29, 1.82) is 0 Å². The van der Waals surface area contributed by atoms with Gasteiger partial charge in [0.25, 0.3) is 0 Å². The number of benzene rings is 3. The summed E-state index contributed by atoms with van der Waals surface area (Å²) in [4.78, 5) is 12.9. The van der Waals surface area contributed by atoms with Crippen molar-refractivity contribution in [2.75, 3.05) is 7.11 Å². The first-order valence-corrected chi connectivity index (χ1v) is 11.7. The minimum absolute atomic E-state index is 0.273. The molecule has 0 bridgehead atoms. The Kier molecular flexibility index (Phi) is 7.13. The largest absolute Gasteiger partial charge is 0.497 e. The Morgan fingerprint density at radius 1 is 0.967 bits per heavy atom. The summed E-state index contributed by atoms with van der Waals surface area (Å²) in [5, 5.41) is 0.510. The van der Waals surface area contributed by atoms with E-state index in [0.717, 1.165) is 4.47 Å². The number of ketones is 1. The van der Waals surface area contributed by atoms with Crippen LogP contribution in [0, 0.1) is 0 Å². The molecule has 30 heavy (non-hydrogen) atoms.